The number of hydrogen-bond donors (Lipinski definition) is 1. The maximum Gasteiger partial charge on any atom is 0.404 e. The molecule has 5 rings (SSSR count). The Bertz CT molecular complexity index is 1350. The number of piperidine rings is 1. The van der Waals surface area contributed by atoms with E-state index in [1.54, 1.807) is 4.90 Å². The fraction of sp³-hybridized carbons (Fsp3) is 0.292. The summed E-state index contributed by atoms with van der Waals surface area (Å²) < 4.78 is 9.29. The third-order valence-corrected chi connectivity index (χ3v) is 6.26. The largest absolute Gasteiger partial charge is 0.445 e. The van der Waals surface area contributed by atoms with Crippen molar-refractivity contribution in [1.29, 1.82) is 0 Å². The van der Waals surface area contributed by atoms with Crippen molar-refractivity contribution >= 4 is 33.9 Å². The zero-order chi connectivity index (χ0) is 22.4. The zero-order valence-electron chi connectivity index (χ0n) is 18.1. The van der Waals surface area contributed by atoms with Crippen LogP contribution in [0.3, 0.4) is 0 Å². The topological polar surface area (TPSA) is 95.4 Å². The summed E-state index contributed by atoms with van der Waals surface area (Å²) in [4.78, 5) is 30.8. The van der Waals surface area contributed by atoms with Gasteiger partial charge in [0, 0.05) is 37.1 Å². The lowest BCUT2D eigenvalue weighted by Crippen LogP contribution is -2.44. The van der Waals surface area contributed by atoms with Crippen LogP contribution in [0.2, 0.25) is 0 Å². The lowest BCUT2D eigenvalue weighted by molar-refractivity contribution is 0.0373. The highest BCUT2D eigenvalue weighted by molar-refractivity contribution is 5.98. The number of imidazole rings is 1. The minimum absolute atomic E-state index is 0.0959. The number of likely N-dealkylation sites (tertiary alicyclic amines) is 1. The van der Waals surface area contributed by atoms with Crippen LogP contribution in [0.4, 0.5) is 4.79 Å². The number of rotatable bonds is 3. The van der Waals surface area contributed by atoms with Crippen molar-refractivity contribution in [2.24, 2.45) is 19.8 Å². The molecule has 3 heterocycles. The first kappa shape index (κ1) is 20.1. The summed E-state index contributed by atoms with van der Waals surface area (Å²) in [5, 5.41) is 1.16. The third kappa shape index (κ3) is 3.37. The summed E-state index contributed by atoms with van der Waals surface area (Å²) in [6.07, 6.45) is 0.308. The fourth-order valence-electron chi connectivity index (χ4n) is 4.63. The molecule has 8 heteroatoms. The molecule has 2 N–H and O–H groups in total. The zero-order valence-corrected chi connectivity index (χ0v) is 18.1. The van der Waals surface area contributed by atoms with E-state index in [9.17, 15) is 9.59 Å². The molecule has 2 aromatic heterocycles. The molecule has 1 fully saturated rings. The molecule has 4 aromatic rings. The van der Waals surface area contributed by atoms with E-state index < -0.39 is 6.09 Å². The minimum Gasteiger partial charge on any atom is -0.445 e. The molecule has 0 unspecified atom stereocenters. The number of nitrogens with two attached hydrogens (primary N) is 1. The van der Waals surface area contributed by atoms with Crippen molar-refractivity contribution in [3.8, 4) is 11.5 Å². The van der Waals surface area contributed by atoms with E-state index in [-0.39, 0.29) is 12.0 Å². The average molecular weight is 431 g/mol. The second kappa shape index (κ2) is 7.71. The van der Waals surface area contributed by atoms with E-state index in [4.69, 9.17) is 15.5 Å². The van der Waals surface area contributed by atoms with Crippen LogP contribution in [0.15, 0.2) is 48.5 Å². The van der Waals surface area contributed by atoms with Crippen LogP contribution in [0.25, 0.3) is 33.5 Å². The first-order valence-corrected chi connectivity index (χ1v) is 10.7. The van der Waals surface area contributed by atoms with Gasteiger partial charge in [0.2, 0.25) is 0 Å². The van der Waals surface area contributed by atoms with Gasteiger partial charge in [0.25, 0.3) is 5.91 Å². The lowest BCUT2D eigenvalue weighted by Gasteiger charge is -2.32. The van der Waals surface area contributed by atoms with Crippen molar-refractivity contribution in [1.82, 2.24) is 19.0 Å². The van der Waals surface area contributed by atoms with E-state index in [0.29, 0.717) is 25.1 Å². The van der Waals surface area contributed by atoms with Gasteiger partial charge in [-0.05, 0) is 43.2 Å². The van der Waals surface area contributed by atoms with Gasteiger partial charge in [0.05, 0.1) is 23.3 Å². The maximum atomic E-state index is 13.1. The molecule has 0 saturated carbocycles. The molecule has 0 aliphatic carbocycles. The van der Waals surface area contributed by atoms with Crippen molar-refractivity contribution in [2.75, 3.05) is 13.1 Å². The number of primary amides is 1. The van der Waals surface area contributed by atoms with Crippen molar-refractivity contribution in [3.63, 3.8) is 0 Å². The Labute approximate surface area is 185 Å². The molecule has 164 valence electrons. The highest BCUT2D eigenvalue weighted by Gasteiger charge is 2.27. The summed E-state index contributed by atoms with van der Waals surface area (Å²) in [5.41, 5.74) is 9.58. The van der Waals surface area contributed by atoms with Gasteiger partial charge in [-0.3, -0.25) is 4.79 Å². The summed E-state index contributed by atoms with van der Waals surface area (Å²) >= 11 is 0. The number of hydrogen-bond acceptors (Lipinski definition) is 4. The van der Waals surface area contributed by atoms with Gasteiger partial charge in [-0.1, -0.05) is 18.2 Å². The SMILES string of the molecule is Cn1c(-c2nc3cc(C(=O)N4CCC[C@H](OC(N)=O)C4)ccc3n2C)cc2ccccc21. The molecule has 1 aliphatic heterocycles. The Morgan fingerprint density at radius 3 is 2.66 bits per heavy atom. The second-order valence-electron chi connectivity index (χ2n) is 8.30. The Morgan fingerprint density at radius 2 is 1.88 bits per heavy atom. The molecule has 1 aliphatic rings. The Hall–Kier alpha value is -3.81. The summed E-state index contributed by atoms with van der Waals surface area (Å²) in [7, 11) is 4.02. The van der Waals surface area contributed by atoms with Gasteiger partial charge >= 0.3 is 6.09 Å². The first-order valence-electron chi connectivity index (χ1n) is 10.7. The van der Waals surface area contributed by atoms with E-state index in [2.05, 4.69) is 27.3 Å². The number of para-hydroxylation sites is 1. The van der Waals surface area contributed by atoms with E-state index in [1.807, 2.05) is 44.4 Å². The number of carbonyl (C=O) groups excluding carboxylic acids is 2. The Kier molecular flexibility index (Phi) is 4.84. The molecule has 0 spiro atoms. The van der Waals surface area contributed by atoms with Gasteiger partial charge in [0.1, 0.15) is 6.10 Å². The van der Waals surface area contributed by atoms with Gasteiger partial charge in [0.15, 0.2) is 5.82 Å². The van der Waals surface area contributed by atoms with Crippen LogP contribution in [-0.4, -0.2) is 50.2 Å². The molecule has 1 atom stereocenters. The first-order chi connectivity index (χ1) is 15.4. The van der Waals surface area contributed by atoms with Crippen LogP contribution in [0.5, 0.6) is 0 Å². The van der Waals surface area contributed by atoms with Crippen LogP contribution in [-0.2, 0) is 18.8 Å². The molecule has 32 heavy (non-hydrogen) atoms. The summed E-state index contributed by atoms with van der Waals surface area (Å²) in [5.74, 6) is 0.748. The van der Waals surface area contributed by atoms with E-state index >= 15 is 0 Å². The van der Waals surface area contributed by atoms with E-state index in [0.717, 1.165) is 39.9 Å². The fourth-order valence-corrected chi connectivity index (χ4v) is 4.63. The third-order valence-electron chi connectivity index (χ3n) is 6.26. The number of amides is 2. The number of benzene rings is 2. The monoisotopic (exact) mass is 431 g/mol. The molecule has 0 bridgehead atoms. The number of carbonyl (C=O) groups is 2. The number of aromatic nitrogens is 3. The number of nitrogens with zero attached hydrogens (tertiary/aromatic N) is 4. The second-order valence-corrected chi connectivity index (χ2v) is 8.30. The number of ether oxygens (including phenoxy) is 1. The Balaban J connectivity index is 1.48. The van der Waals surface area contributed by atoms with Crippen LogP contribution in [0.1, 0.15) is 23.2 Å². The van der Waals surface area contributed by atoms with E-state index in [1.165, 1.54) is 0 Å². The quantitative estimate of drug-likeness (QED) is 0.538. The highest BCUT2D eigenvalue weighted by Crippen LogP contribution is 2.29. The summed E-state index contributed by atoms with van der Waals surface area (Å²) in [6.45, 7) is 0.974. The maximum absolute atomic E-state index is 13.1. The van der Waals surface area contributed by atoms with Gasteiger partial charge in [-0.2, -0.15) is 0 Å². The molecular formula is C24H25N5O3. The molecule has 2 amide bonds. The summed E-state index contributed by atoms with van der Waals surface area (Å²) in [6, 6.07) is 16.0. The number of fused-ring (bicyclic) bond motifs is 2. The molecule has 8 nitrogen and oxygen atoms in total. The standard InChI is InChI=1S/C24H25N5O3/c1-27-19-8-4-3-6-15(19)13-21(27)22-26-18-12-16(9-10-20(18)28(22)2)23(30)29-11-5-7-17(14-29)32-24(25)31/h3-4,6,8-10,12-13,17H,5,7,11,14H2,1-2H3,(H2,25,31)/t17-/m0/s1. The van der Waals surface area contributed by atoms with Crippen molar-refractivity contribution in [3.05, 3.63) is 54.1 Å². The van der Waals surface area contributed by atoms with Crippen molar-refractivity contribution < 1.29 is 14.3 Å². The average Bonchev–Trinajstić information content (AvgIpc) is 3.29. The van der Waals surface area contributed by atoms with Crippen LogP contribution >= 0.6 is 0 Å². The van der Waals surface area contributed by atoms with Crippen LogP contribution in [0, 0.1) is 0 Å². The minimum atomic E-state index is -0.805. The van der Waals surface area contributed by atoms with Crippen molar-refractivity contribution in [2.45, 2.75) is 18.9 Å². The molecule has 0 radical (unpaired) electrons. The molecular weight excluding hydrogens is 406 g/mol. The molecule has 1 saturated heterocycles. The Morgan fingerprint density at radius 1 is 1.06 bits per heavy atom. The van der Waals surface area contributed by atoms with Crippen LogP contribution < -0.4 is 5.73 Å². The van der Waals surface area contributed by atoms with Gasteiger partial charge < -0.3 is 24.5 Å². The predicted octanol–water partition coefficient (Wildman–Crippen LogP) is 3.43. The normalized spacial score (nSPS) is 16.6. The highest BCUT2D eigenvalue weighted by atomic mass is 16.6. The molecule has 2 aromatic carbocycles. The smallest absolute Gasteiger partial charge is 0.404 e. The predicted molar refractivity (Wildman–Crippen MR) is 122 cm³/mol. The lowest BCUT2D eigenvalue weighted by atomic mass is 10.1. The van der Waals surface area contributed by atoms with Gasteiger partial charge in [-0.25, -0.2) is 9.78 Å². The number of aryl methyl sites for hydroxylation is 2. The van der Waals surface area contributed by atoms with Gasteiger partial charge in [-0.15, -0.1) is 0 Å².